The average molecular weight is 339 g/mol. The van der Waals surface area contributed by atoms with Gasteiger partial charge in [0.2, 0.25) is 5.91 Å². The molecule has 0 aromatic carbocycles. The molecular formula is C17H21N7O. The van der Waals surface area contributed by atoms with E-state index in [1.54, 1.807) is 24.9 Å². The largest absolute Gasteiger partial charge is 0.352 e. The van der Waals surface area contributed by atoms with E-state index in [-0.39, 0.29) is 5.91 Å². The van der Waals surface area contributed by atoms with Crippen molar-refractivity contribution in [2.45, 2.75) is 13.0 Å². The molecule has 0 spiro atoms. The summed E-state index contributed by atoms with van der Waals surface area (Å²) >= 11 is 0. The van der Waals surface area contributed by atoms with Gasteiger partial charge in [-0.3, -0.25) is 14.7 Å². The first-order valence-electron chi connectivity index (χ1n) is 8.58. The van der Waals surface area contributed by atoms with Gasteiger partial charge < -0.3 is 9.80 Å². The van der Waals surface area contributed by atoms with Gasteiger partial charge in [0.05, 0.1) is 18.4 Å². The molecule has 4 heterocycles. The molecule has 130 valence electrons. The van der Waals surface area contributed by atoms with Crippen LogP contribution < -0.4 is 4.90 Å². The molecule has 8 nitrogen and oxygen atoms in total. The lowest BCUT2D eigenvalue weighted by Crippen LogP contribution is -2.51. The van der Waals surface area contributed by atoms with Crippen LogP contribution in [0.2, 0.25) is 0 Å². The van der Waals surface area contributed by atoms with Crippen molar-refractivity contribution in [3.63, 3.8) is 0 Å². The van der Waals surface area contributed by atoms with E-state index in [4.69, 9.17) is 0 Å². The smallest absolute Gasteiger partial charge is 0.236 e. The normalized spacial score (nSPS) is 18.1. The minimum Gasteiger partial charge on any atom is -0.352 e. The number of fused-ring (bicyclic) bond motifs is 1. The van der Waals surface area contributed by atoms with Crippen LogP contribution in [0.25, 0.3) is 0 Å². The number of rotatable bonds is 3. The number of carbonyl (C=O) groups excluding carboxylic acids is 1. The second-order valence-electron chi connectivity index (χ2n) is 6.39. The van der Waals surface area contributed by atoms with Gasteiger partial charge in [0.15, 0.2) is 0 Å². The fourth-order valence-electron chi connectivity index (χ4n) is 3.37. The molecule has 0 N–H and O–H groups in total. The van der Waals surface area contributed by atoms with Crippen molar-refractivity contribution in [2.24, 2.45) is 0 Å². The lowest BCUT2D eigenvalue weighted by molar-refractivity contribution is -0.133. The number of hydrogen-bond acceptors (Lipinski definition) is 7. The van der Waals surface area contributed by atoms with Crippen molar-refractivity contribution >= 4 is 11.7 Å². The minimum atomic E-state index is 0.191. The van der Waals surface area contributed by atoms with Crippen molar-refractivity contribution in [1.29, 1.82) is 0 Å². The first-order valence-corrected chi connectivity index (χ1v) is 8.58. The van der Waals surface area contributed by atoms with E-state index in [0.29, 0.717) is 6.54 Å². The molecule has 0 bridgehead atoms. The summed E-state index contributed by atoms with van der Waals surface area (Å²) in [4.78, 5) is 35.8. The van der Waals surface area contributed by atoms with E-state index >= 15 is 0 Å². The molecule has 0 saturated carbocycles. The maximum absolute atomic E-state index is 12.6. The van der Waals surface area contributed by atoms with E-state index in [9.17, 15) is 4.79 Å². The molecule has 8 heteroatoms. The van der Waals surface area contributed by atoms with Crippen molar-refractivity contribution < 1.29 is 4.79 Å². The van der Waals surface area contributed by atoms with E-state index in [0.717, 1.165) is 57.2 Å². The molecule has 25 heavy (non-hydrogen) atoms. The number of aromatic nitrogens is 4. The second kappa shape index (κ2) is 7.10. The van der Waals surface area contributed by atoms with Gasteiger partial charge >= 0.3 is 0 Å². The molecule has 1 fully saturated rings. The molecule has 2 aromatic rings. The van der Waals surface area contributed by atoms with Gasteiger partial charge in [-0.15, -0.1) is 0 Å². The predicted molar refractivity (Wildman–Crippen MR) is 91.8 cm³/mol. The maximum atomic E-state index is 12.6. The van der Waals surface area contributed by atoms with Crippen molar-refractivity contribution in [2.75, 3.05) is 44.2 Å². The molecule has 0 aliphatic carbocycles. The Morgan fingerprint density at radius 3 is 2.68 bits per heavy atom. The highest BCUT2D eigenvalue weighted by Gasteiger charge is 2.25. The SMILES string of the molecule is O=C(CN1CCc2cncnc2C1)N1CCN(c2cnccn2)CC1. The van der Waals surface area contributed by atoms with Gasteiger partial charge in [-0.1, -0.05) is 0 Å². The number of piperazine rings is 1. The Balaban J connectivity index is 1.30. The lowest BCUT2D eigenvalue weighted by Gasteiger charge is -2.36. The van der Waals surface area contributed by atoms with Crippen LogP contribution in [0.15, 0.2) is 31.1 Å². The Hall–Kier alpha value is -2.61. The van der Waals surface area contributed by atoms with Gasteiger partial charge in [0, 0.05) is 57.9 Å². The average Bonchev–Trinajstić information content (AvgIpc) is 2.69. The molecule has 2 aliphatic heterocycles. The fourth-order valence-corrected chi connectivity index (χ4v) is 3.37. The van der Waals surface area contributed by atoms with Gasteiger partial charge in [0.25, 0.3) is 0 Å². The standard InChI is InChI=1S/C17H21N7O/c25-17(12-22-4-1-14-9-19-13-21-15(14)11-22)24-7-5-23(6-8-24)16-10-18-2-3-20-16/h2-3,9-10,13H,1,4-8,11-12H2. The minimum absolute atomic E-state index is 0.191. The molecule has 0 radical (unpaired) electrons. The summed E-state index contributed by atoms with van der Waals surface area (Å²) < 4.78 is 0. The number of anilines is 1. The molecule has 2 aliphatic rings. The van der Waals surface area contributed by atoms with E-state index in [1.165, 1.54) is 5.56 Å². The lowest BCUT2D eigenvalue weighted by atomic mass is 10.1. The van der Waals surface area contributed by atoms with Crippen LogP contribution in [0, 0.1) is 0 Å². The van der Waals surface area contributed by atoms with Crippen LogP contribution in [0.3, 0.4) is 0 Å². The molecule has 2 aromatic heterocycles. The first-order chi connectivity index (χ1) is 12.3. The Labute approximate surface area is 146 Å². The highest BCUT2D eigenvalue weighted by atomic mass is 16.2. The number of hydrogen-bond donors (Lipinski definition) is 0. The quantitative estimate of drug-likeness (QED) is 0.777. The van der Waals surface area contributed by atoms with Crippen molar-refractivity contribution in [3.8, 4) is 0 Å². The number of nitrogens with zero attached hydrogens (tertiary/aromatic N) is 7. The van der Waals surface area contributed by atoms with Crippen LogP contribution >= 0.6 is 0 Å². The zero-order valence-electron chi connectivity index (χ0n) is 14.1. The molecule has 1 saturated heterocycles. The molecule has 0 unspecified atom stereocenters. The molecular weight excluding hydrogens is 318 g/mol. The van der Waals surface area contributed by atoms with Crippen LogP contribution in [0.4, 0.5) is 5.82 Å². The molecule has 0 atom stereocenters. The molecule has 1 amide bonds. The third-order valence-corrected chi connectivity index (χ3v) is 4.82. The van der Waals surface area contributed by atoms with Crippen LogP contribution in [-0.2, 0) is 17.8 Å². The predicted octanol–water partition coefficient (Wildman–Crippen LogP) is -0.0265. The van der Waals surface area contributed by atoms with Crippen molar-refractivity contribution in [3.05, 3.63) is 42.4 Å². The maximum Gasteiger partial charge on any atom is 0.236 e. The van der Waals surface area contributed by atoms with Gasteiger partial charge in [-0.05, 0) is 12.0 Å². The topological polar surface area (TPSA) is 78.4 Å². The van der Waals surface area contributed by atoms with Gasteiger partial charge in [0.1, 0.15) is 12.1 Å². The third-order valence-electron chi connectivity index (χ3n) is 4.82. The summed E-state index contributed by atoms with van der Waals surface area (Å²) in [5.41, 5.74) is 2.24. The van der Waals surface area contributed by atoms with Gasteiger partial charge in [-0.2, -0.15) is 0 Å². The summed E-state index contributed by atoms with van der Waals surface area (Å²) in [6.45, 7) is 5.09. The highest BCUT2D eigenvalue weighted by molar-refractivity contribution is 5.78. The van der Waals surface area contributed by atoms with Crippen LogP contribution in [0.5, 0.6) is 0 Å². The third kappa shape index (κ3) is 3.58. The summed E-state index contributed by atoms with van der Waals surface area (Å²) in [6, 6.07) is 0. The number of carbonyl (C=O) groups is 1. The summed E-state index contributed by atoms with van der Waals surface area (Å²) in [5.74, 6) is 1.07. The fraction of sp³-hybridized carbons (Fsp3) is 0.471. The molecule has 4 rings (SSSR count). The Morgan fingerprint density at radius 2 is 1.88 bits per heavy atom. The second-order valence-corrected chi connectivity index (χ2v) is 6.39. The van der Waals surface area contributed by atoms with Crippen LogP contribution in [0.1, 0.15) is 11.3 Å². The van der Waals surface area contributed by atoms with Gasteiger partial charge in [-0.25, -0.2) is 15.0 Å². The van der Waals surface area contributed by atoms with E-state index in [1.807, 2.05) is 11.1 Å². The van der Waals surface area contributed by atoms with Crippen LogP contribution in [-0.4, -0.2) is 74.9 Å². The van der Waals surface area contributed by atoms with E-state index < -0.39 is 0 Å². The summed E-state index contributed by atoms with van der Waals surface area (Å²) in [5, 5.41) is 0. The van der Waals surface area contributed by atoms with Crippen molar-refractivity contribution in [1.82, 2.24) is 29.7 Å². The number of amides is 1. The van der Waals surface area contributed by atoms with E-state index in [2.05, 4.69) is 29.7 Å². The summed E-state index contributed by atoms with van der Waals surface area (Å²) in [7, 11) is 0. The Bertz CT molecular complexity index is 731. The summed E-state index contributed by atoms with van der Waals surface area (Å²) in [6.07, 6.45) is 9.51. The monoisotopic (exact) mass is 339 g/mol. The highest BCUT2D eigenvalue weighted by Crippen LogP contribution is 2.16. The first kappa shape index (κ1) is 15.9. The zero-order chi connectivity index (χ0) is 17.1. The Morgan fingerprint density at radius 1 is 1.00 bits per heavy atom. The Kier molecular flexibility index (Phi) is 4.51. The zero-order valence-corrected chi connectivity index (χ0v) is 14.1.